The van der Waals surface area contributed by atoms with E-state index in [4.69, 9.17) is 16.6 Å². The zero-order valence-electron chi connectivity index (χ0n) is 17.9. The van der Waals surface area contributed by atoms with Gasteiger partial charge in [0.2, 0.25) is 0 Å². The van der Waals surface area contributed by atoms with Crippen LogP contribution in [0.5, 0.6) is 0 Å². The minimum atomic E-state index is -0.943. The first-order valence-corrected chi connectivity index (χ1v) is 12.2. The van der Waals surface area contributed by atoms with Crippen LogP contribution in [0.2, 0.25) is 5.02 Å². The van der Waals surface area contributed by atoms with Crippen molar-refractivity contribution in [2.45, 2.75) is 36.9 Å². The summed E-state index contributed by atoms with van der Waals surface area (Å²) in [5.74, 6) is 1.12. The predicted molar refractivity (Wildman–Crippen MR) is 128 cm³/mol. The largest absolute Gasteiger partial charge is 0.481 e. The summed E-state index contributed by atoms with van der Waals surface area (Å²) in [6.45, 7) is 0. The molecular formula is C23H20ClN5O4S. The van der Waals surface area contributed by atoms with Gasteiger partial charge in [0.1, 0.15) is 6.04 Å². The van der Waals surface area contributed by atoms with E-state index < -0.39 is 16.9 Å². The Hall–Kier alpha value is -3.24. The Balaban J connectivity index is 1.73. The van der Waals surface area contributed by atoms with Crippen LogP contribution in [0.4, 0.5) is 5.69 Å². The van der Waals surface area contributed by atoms with Gasteiger partial charge in [0, 0.05) is 40.5 Å². The smallest absolute Gasteiger partial charge is 0.303 e. The van der Waals surface area contributed by atoms with Gasteiger partial charge in [0.15, 0.2) is 11.0 Å². The van der Waals surface area contributed by atoms with Crippen LogP contribution in [0.1, 0.15) is 48.7 Å². The van der Waals surface area contributed by atoms with Gasteiger partial charge in [-0.3, -0.25) is 24.5 Å². The number of hydrogen-bond donors (Lipinski definition) is 1. The van der Waals surface area contributed by atoms with E-state index >= 15 is 0 Å². The van der Waals surface area contributed by atoms with Crippen molar-refractivity contribution in [2.75, 3.05) is 5.75 Å². The van der Waals surface area contributed by atoms with Gasteiger partial charge < -0.3 is 5.11 Å². The number of rotatable bonds is 8. The molecule has 5 rings (SSSR count). The standard InChI is InChI=1S/C23H20ClN5O4S/c24-17-4-2-1-3-15(17)21-16-11-14(29(32)33)7-9-19(16)28-22(18(25-21)8-10-20(30)31)26-27-23(28)34-12-13-5-6-13/h1-4,7,9,11,13,18H,5-6,8,10,12H2,(H,30,31)/t18-/m0/s1. The number of non-ortho nitro benzene ring substituents is 1. The van der Waals surface area contributed by atoms with Crippen LogP contribution in [0, 0.1) is 16.0 Å². The lowest BCUT2D eigenvalue weighted by molar-refractivity contribution is -0.384. The number of benzene rings is 2. The Labute approximate surface area is 204 Å². The Morgan fingerprint density at radius 1 is 1.21 bits per heavy atom. The number of nitro benzene ring substituents is 1. The van der Waals surface area contributed by atoms with Crippen molar-refractivity contribution in [3.05, 3.63) is 74.6 Å². The van der Waals surface area contributed by atoms with E-state index in [9.17, 15) is 20.0 Å². The number of nitrogens with zero attached hydrogens (tertiary/aromatic N) is 5. The molecule has 1 aliphatic heterocycles. The number of aliphatic imine (C=N–C) groups is 1. The van der Waals surface area contributed by atoms with E-state index in [-0.39, 0.29) is 18.5 Å². The molecule has 2 heterocycles. The van der Waals surface area contributed by atoms with Crippen LogP contribution in [-0.2, 0) is 4.79 Å². The molecule has 174 valence electrons. The SMILES string of the molecule is O=C(O)CC[C@@H]1N=C(c2ccccc2Cl)c2cc([N+](=O)[O-])ccc2-n2c(SCC3CC3)nnc21. The maximum Gasteiger partial charge on any atom is 0.303 e. The molecule has 34 heavy (non-hydrogen) atoms. The lowest BCUT2D eigenvalue weighted by Crippen LogP contribution is -2.09. The summed E-state index contributed by atoms with van der Waals surface area (Å²) >= 11 is 8.10. The second-order valence-corrected chi connectivity index (χ2v) is 9.69. The second-order valence-electron chi connectivity index (χ2n) is 8.29. The minimum Gasteiger partial charge on any atom is -0.481 e. The first-order chi connectivity index (χ1) is 16.4. The number of aliphatic carboxylic acids is 1. The van der Waals surface area contributed by atoms with E-state index in [0.717, 1.165) is 5.75 Å². The molecule has 9 nitrogen and oxygen atoms in total. The number of thioether (sulfide) groups is 1. The van der Waals surface area contributed by atoms with Crippen molar-refractivity contribution in [3.63, 3.8) is 0 Å². The number of nitro groups is 1. The third-order valence-corrected chi connectivity index (χ3v) is 7.32. The average Bonchev–Trinajstić information content (AvgIpc) is 3.58. The van der Waals surface area contributed by atoms with Crippen LogP contribution in [-0.4, -0.2) is 42.2 Å². The molecule has 2 aromatic carbocycles. The molecule has 1 N–H and O–H groups in total. The van der Waals surface area contributed by atoms with Gasteiger partial charge in [-0.25, -0.2) is 0 Å². The first kappa shape index (κ1) is 22.5. The van der Waals surface area contributed by atoms with E-state index in [0.29, 0.717) is 44.4 Å². The number of carbonyl (C=O) groups is 1. The minimum absolute atomic E-state index is 0.0794. The Morgan fingerprint density at radius 2 is 2.00 bits per heavy atom. The van der Waals surface area contributed by atoms with Gasteiger partial charge in [-0.1, -0.05) is 41.6 Å². The summed E-state index contributed by atoms with van der Waals surface area (Å²) in [5, 5.41) is 30.8. The van der Waals surface area contributed by atoms with Crippen molar-refractivity contribution >= 4 is 40.7 Å². The van der Waals surface area contributed by atoms with Gasteiger partial charge in [-0.15, -0.1) is 10.2 Å². The molecule has 1 aliphatic carbocycles. The summed E-state index contributed by atoms with van der Waals surface area (Å²) in [6.07, 6.45) is 2.47. The zero-order chi connectivity index (χ0) is 23.8. The fourth-order valence-corrected chi connectivity index (χ4v) is 5.28. The average molecular weight is 498 g/mol. The molecule has 1 fully saturated rings. The number of aromatic nitrogens is 3. The summed E-state index contributed by atoms with van der Waals surface area (Å²) in [4.78, 5) is 27.4. The lowest BCUT2D eigenvalue weighted by Gasteiger charge is -2.14. The van der Waals surface area contributed by atoms with Crippen LogP contribution in [0.15, 0.2) is 52.6 Å². The van der Waals surface area contributed by atoms with Crippen LogP contribution in [0.25, 0.3) is 5.69 Å². The van der Waals surface area contributed by atoms with E-state index in [1.165, 1.54) is 25.0 Å². The predicted octanol–water partition coefficient (Wildman–Crippen LogP) is 5.09. The topological polar surface area (TPSA) is 124 Å². The van der Waals surface area contributed by atoms with Crippen molar-refractivity contribution in [3.8, 4) is 5.69 Å². The normalized spacial score (nSPS) is 16.9. The van der Waals surface area contributed by atoms with E-state index in [1.807, 2.05) is 10.6 Å². The number of carboxylic acids is 1. The molecule has 0 unspecified atom stereocenters. The first-order valence-electron chi connectivity index (χ1n) is 10.8. The lowest BCUT2D eigenvalue weighted by atomic mass is 9.99. The van der Waals surface area contributed by atoms with Crippen LogP contribution < -0.4 is 0 Å². The van der Waals surface area contributed by atoms with E-state index in [2.05, 4.69) is 10.2 Å². The summed E-state index contributed by atoms with van der Waals surface area (Å²) < 4.78 is 1.87. The third kappa shape index (κ3) is 4.43. The maximum atomic E-state index is 11.6. The Morgan fingerprint density at radius 3 is 2.71 bits per heavy atom. The number of carboxylic acid groups (broad SMARTS) is 1. The highest BCUT2D eigenvalue weighted by atomic mass is 35.5. The number of hydrogen-bond acceptors (Lipinski definition) is 7. The molecule has 1 aromatic heterocycles. The van der Waals surface area contributed by atoms with Crippen LogP contribution in [0.3, 0.4) is 0 Å². The molecule has 11 heteroatoms. The van der Waals surface area contributed by atoms with Gasteiger partial charge in [0.05, 0.1) is 16.3 Å². The second kappa shape index (κ2) is 9.19. The quantitative estimate of drug-likeness (QED) is 0.261. The molecule has 3 aromatic rings. The highest BCUT2D eigenvalue weighted by Crippen LogP contribution is 2.40. The van der Waals surface area contributed by atoms with Gasteiger partial charge in [-0.05, 0) is 37.3 Å². The van der Waals surface area contributed by atoms with Gasteiger partial charge in [0.25, 0.3) is 5.69 Å². The molecule has 0 saturated heterocycles. The highest BCUT2D eigenvalue weighted by Gasteiger charge is 2.32. The van der Waals surface area contributed by atoms with Crippen molar-refractivity contribution < 1.29 is 14.8 Å². The number of fused-ring (bicyclic) bond motifs is 3. The summed E-state index contributed by atoms with van der Waals surface area (Å²) in [6, 6.07) is 11.1. The van der Waals surface area contributed by atoms with Gasteiger partial charge >= 0.3 is 5.97 Å². The molecule has 1 saturated carbocycles. The van der Waals surface area contributed by atoms with E-state index in [1.54, 1.807) is 36.0 Å². The number of halogens is 1. The Kier molecular flexibility index (Phi) is 6.09. The summed E-state index contributed by atoms with van der Waals surface area (Å²) in [5.41, 5.74) is 2.17. The molecule has 0 radical (unpaired) electrons. The molecule has 1 atom stereocenters. The molecule has 0 amide bonds. The summed E-state index contributed by atoms with van der Waals surface area (Å²) in [7, 11) is 0. The molecule has 0 spiro atoms. The van der Waals surface area contributed by atoms with Crippen molar-refractivity contribution in [1.82, 2.24) is 14.8 Å². The van der Waals surface area contributed by atoms with Crippen molar-refractivity contribution in [2.24, 2.45) is 10.9 Å². The monoisotopic (exact) mass is 497 g/mol. The molecule has 2 aliphatic rings. The Bertz CT molecular complexity index is 1320. The zero-order valence-corrected chi connectivity index (χ0v) is 19.5. The fourth-order valence-electron chi connectivity index (χ4n) is 3.92. The molecular weight excluding hydrogens is 478 g/mol. The van der Waals surface area contributed by atoms with Crippen molar-refractivity contribution in [1.29, 1.82) is 0 Å². The van der Waals surface area contributed by atoms with Gasteiger partial charge in [-0.2, -0.15) is 0 Å². The highest BCUT2D eigenvalue weighted by molar-refractivity contribution is 7.99. The molecule has 0 bridgehead atoms. The third-order valence-electron chi connectivity index (χ3n) is 5.83. The maximum absolute atomic E-state index is 11.6. The fraction of sp³-hybridized carbons (Fsp3) is 0.304. The van der Waals surface area contributed by atoms with Crippen LogP contribution >= 0.6 is 23.4 Å².